The third kappa shape index (κ3) is 14.0. The molecular formula is C22H44FN2O9P. The monoisotopic (exact) mass is 530 g/mol. The van der Waals surface area contributed by atoms with Gasteiger partial charge in [0.1, 0.15) is 33.3 Å². The van der Waals surface area contributed by atoms with E-state index in [1.807, 2.05) is 0 Å². The van der Waals surface area contributed by atoms with E-state index in [9.17, 15) is 13.8 Å². The molecule has 208 valence electrons. The molecular weight excluding hydrogens is 486 g/mol. The maximum atomic E-state index is 10.7. The average molecular weight is 531 g/mol. The summed E-state index contributed by atoms with van der Waals surface area (Å²) in [7, 11) is -5.64. The molecule has 13 heteroatoms. The highest BCUT2D eigenvalue weighted by Gasteiger charge is 2.30. The van der Waals surface area contributed by atoms with Crippen LogP contribution in [0.25, 0.3) is 0 Å². The van der Waals surface area contributed by atoms with Crippen LogP contribution in [0.15, 0.2) is 0 Å². The minimum absolute atomic E-state index is 0.0281. The fourth-order valence-corrected chi connectivity index (χ4v) is 4.14. The van der Waals surface area contributed by atoms with Gasteiger partial charge >= 0.3 is 12.3 Å². The van der Waals surface area contributed by atoms with Crippen molar-refractivity contribution in [2.45, 2.75) is 66.6 Å². The Balaban J connectivity index is 0.000000555. The second-order valence-electron chi connectivity index (χ2n) is 8.64. The molecule has 2 aliphatic heterocycles. The van der Waals surface area contributed by atoms with Crippen molar-refractivity contribution in [1.82, 2.24) is 0 Å². The van der Waals surface area contributed by atoms with Crippen molar-refractivity contribution in [2.24, 2.45) is 0 Å². The molecule has 0 aromatic rings. The summed E-state index contributed by atoms with van der Waals surface area (Å²) in [6.45, 7) is 23.0. The molecule has 35 heavy (non-hydrogen) atoms. The Morgan fingerprint density at radius 2 is 1.00 bits per heavy atom. The first-order valence-electron chi connectivity index (χ1n) is 12.4. The van der Waals surface area contributed by atoms with E-state index in [2.05, 4.69) is 41.5 Å². The van der Waals surface area contributed by atoms with Crippen molar-refractivity contribution in [1.29, 1.82) is 0 Å². The molecule has 0 aromatic heterocycles. The highest BCUT2D eigenvalue weighted by atomic mass is 31.2. The van der Waals surface area contributed by atoms with E-state index in [1.165, 1.54) is 0 Å². The standard InChI is InChI=1S/2C11H22NO3.FH2O3P/c2*1-4-12(5-2,6-3)8-7-10-9-14-11(13)15-10;1-5(2,3)4/h2*10H,4-9H2,1-3H3;(H2,2,3,4)/q2*+1;/p-2. The predicted molar refractivity (Wildman–Crippen MR) is 124 cm³/mol. The van der Waals surface area contributed by atoms with Crippen LogP contribution < -0.4 is 9.79 Å². The first-order valence-corrected chi connectivity index (χ1v) is 13.8. The van der Waals surface area contributed by atoms with Gasteiger partial charge in [-0.2, -0.15) is 0 Å². The van der Waals surface area contributed by atoms with Crippen molar-refractivity contribution in [3.8, 4) is 0 Å². The summed E-state index contributed by atoms with van der Waals surface area (Å²) < 4.78 is 40.3. The van der Waals surface area contributed by atoms with Crippen LogP contribution in [-0.2, 0) is 23.5 Å². The lowest BCUT2D eigenvalue weighted by molar-refractivity contribution is -0.923. The number of hydrogen-bond donors (Lipinski definition) is 0. The second kappa shape index (κ2) is 16.3. The van der Waals surface area contributed by atoms with Crippen LogP contribution in [-0.4, -0.2) is 99.1 Å². The van der Waals surface area contributed by atoms with Crippen LogP contribution in [0.4, 0.5) is 13.8 Å². The number of cyclic esters (lactones) is 4. The van der Waals surface area contributed by atoms with E-state index in [0.29, 0.717) is 13.2 Å². The maximum Gasteiger partial charge on any atom is 0.508 e. The van der Waals surface area contributed by atoms with Crippen LogP contribution in [0, 0.1) is 0 Å². The fraction of sp³-hybridized carbons (Fsp3) is 0.909. The molecule has 0 amide bonds. The highest BCUT2D eigenvalue weighted by Crippen LogP contribution is 2.22. The molecule has 0 spiro atoms. The number of quaternary nitrogens is 2. The third-order valence-corrected chi connectivity index (χ3v) is 7.18. The Kier molecular flexibility index (Phi) is 15.6. The van der Waals surface area contributed by atoms with Gasteiger partial charge in [-0.05, 0) is 41.5 Å². The largest absolute Gasteiger partial charge is 0.786 e. The zero-order valence-corrected chi connectivity index (χ0v) is 22.9. The Bertz CT molecular complexity index is 599. The molecule has 0 N–H and O–H groups in total. The van der Waals surface area contributed by atoms with Crippen LogP contribution in [0.3, 0.4) is 0 Å². The molecule has 2 rings (SSSR count). The van der Waals surface area contributed by atoms with Crippen LogP contribution >= 0.6 is 7.91 Å². The summed E-state index contributed by atoms with van der Waals surface area (Å²) >= 11 is 0. The Morgan fingerprint density at radius 1 is 0.743 bits per heavy atom. The molecule has 0 radical (unpaired) electrons. The summed E-state index contributed by atoms with van der Waals surface area (Å²) in [6, 6.07) is 0. The molecule has 2 heterocycles. The number of rotatable bonds is 12. The van der Waals surface area contributed by atoms with E-state index >= 15 is 0 Å². The minimum atomic E-state index is -5.64. The smallest absolute Gasteiger partial charge is 0.508 e. The topological polar surface area (TPSA) is 134 Å². The van der Waals surface area contributed by atoms with E-state index in [4.69, 9.17) is 33.3 Å². The molecule has 2 aliphatic rings. The second-order valence-corrected chi connectivity index (χ2v) is 9.50. The van der Waals surface area contributed by atoms with Gasteiger partial charge in [0.2, 0.25) is 0 Å². The fourth-order valence-electron chi connectivity index (χ4n) is 4.14. The van der Waals surface area contributed by atoms with Gasteiger partial charge in [0.25, 0.3) is 0 Å². The van der Waals surface area contributed by atoms with Crippen molar-refractivity contribution in [2.75, 3.05) is 65.6 Å². The molecule has 0 bridgehead atoms. The Labute approximate surface area is 208 Å². The van der Waals surface area contributed by atoms with E-state index in [-0.39, 0.29) is 12.2 Å². The number of carbonyl (C=O) groups is 2. The molecule has 2 unspecified atom stereocenters. The predicted octanol–water partition coefficient (Wildman–Crippen LogP) is 2.36. The van der Waals surface area contributed by atoms with Gasteiger partial charge in [0.15, 0.2) is 0 Å². The van der Waals surface area contributed by atoms with Gasteiger partial charge in [-0.15, -0.1) is 0 Å². The van der Waals surface area contributed by atoms with Gasteiger partial charge in [0, 0.05) is 12.8 Å². The third-order valence-electron chi connectivity index (χ3n) is 7.18. The summed E-state index contributed by atoms with van der Waals surface area (Å²) in [5.74, 6) is 0. The lowest BCUT2D eigenvalue weighted by Crippen LogP contribution is -2.49. The van der Waals surface area contributed by atoms with Gasteiger partial charge in [-0.3, -0.25) is 0 Å². The number of ether oxygens (including phenoxy) is 4. The summed E-state index contributed by atoms with van der Waals surface area (Å²) in [4.78, 5) is 38.3. The molecule has 2 fully saturated rings. The molecule has 2 saturated heterocycles. The summed E-state index contributed by atoms with van der Waals surface area (Å²) in [6.07, 6.45) is 0.729. The van der Waals surface area contributed by atoms with E-state index < -0.39 is 20.2 Å². The summed E-state index contributed by atoms with van der Waals surface area (Å²) in [5.41, 5.74) is 0. The number of hydrogen-bond acceptors (Lipinski definition) is 9. The van der Waals surface area contributed by atoms with Crippen molar-refractivity contribution >= 4 is 20.2 Å². The normalized spacial score (nSPS) is 19.9. The first kappa shape index (κ1) is 33.5. The van der Waals surface area contributed by atoms with Gasteiger partial charge < -0.3 is 42.3 Å². The molecule has 0 aromatic carbocycles. The average Bonchev–Trinajstić information content (AvgIpc) is 3.43. The lowest BCUT2D eigenvalue weighted by Gasteiger charge is -2.36. The van der Waals surface area contributed by atoms with Crippen molar-refractivity contribution in [3.05, 3.63) is 0 Å². The Hall–Kier alpha value is -1.46. The molecule has 0 saturated carbocycles. The van der Waals surface area contributed by atoms with Gasteiger partial charge in [-0.1, -0.05) is 0 Å². The van der Waals surface area contributed by atoms with Gasteiger partial charge in [0.05, 0.1) is 52.4 Å². The van der Waals surface area contributed by atoms with Crippen molar-refractivity contribution in [3.63, 3.8) is 0 Å². The van der Waals surface area contributed by atoms with Crippen LogP contribution in [0.5, 0.6) is 0 Å². The quantitative estimate of drug-likeness (QED) is 0.212. The first-order chi connectivity index (χ1) is 16.3. The zero-order chi connectivity index (χ0) is 27.1. The number of halogens is 1. The van der Waals surface area contributed by atoms with E-state index in [1.54, 1.807) is 0 Å². The maximum absolute atomic E-state index is 10.7. The minimum Gasteiger partial charge on any atom is -0.786 e. The molecule has 0 aliphatic carbocycles. The molecule has 2 atom stereocenters. The molecule has 11 nitrogen and oxygen atoms in total. The van der Waals surface area contributed by atoms with Crippen LogP contribution in [0.1, 0.15) is 54.4 Å². The van der Waals surface area contributed by atoms with Crippen LogP contribution in [0.2, 0.25) is 0 Å². The van der Waals surface area contributed by atoms with Gasteiger partial charge in [-0.25, -0.2) is 13.8 Å². The van der Waals surface area contributed by atoms with Crippen molar-refractivity contribution < 1.29 is 56.1 Å². The Morgan fingerprint density at radius 3 is 1.17 bits per heavy atom. The zero-order valence-electron chi connectivity index (χ0n) is 22.0. The number of nitrogens with zero attached hydrogens (tertiary/aromatic N) is 2. The SMILES string of the molecule is CC[N+](CC)(CC)CCC1COC(=O)O1.CC[N+](CC)(CC)CCC1COC(=O)O1.O=P([O-])([O-])F. The highest BCUT2D eigenvalue weighted by molar-refractivity contribution is 7.42. The van der Waals surface area contributed by atoms with E-state index in [0.717, 1.165) is 74.2 Å². The lowest BCUT2D eigenvalue weighted by atomic mass is 10.2. The number of carbonyl (C=O) groups excluding carboxylic acids is 2. The summed E-state index contributed by atoms with van der Waals surface area (Å²) in [5, 5.41) is 0.